The number of nitrogens with zero attached hydrogens (tertiary/aromatic N) is 3. The van der Waals surface area contributed by atoms with Gasteiger partial charge in [0.1, 0.15) is 5.82 Å². The summed E-state index contributed by atoms with van der Waals surface area (Å²) in [5.74, 6) is -0.746. The Hall–Kier alpha value is -4.04. The van der Waals surface area contributed by atoms with Gasteiger partial charge in [-0.3, -0.25) is 9.78 Å². The Morgan fingerprint density at radius 1 is 1.00 bits per heavy atom. The number of pyridine rings is 1. The number of para-hydroxylation sites is 2. The summed E-state index contributed by atoms with van der Waals surface area (Å²) < 4.78 is 16.1. The molecule has 176 valence electrons. The highest BCUT2D eigenvalue weighted by molar-refractivity contribution is 7.80. The van der Waals surface area contributed by atoms with Gasteiger partial charge in [-0.25, -0.2) is 4.39 Å². The van der Waals surface area contributed by atoms with Gasteiger partial charge in [0.05, 0.1) is 23.5 Å². The van der Waals surface area contributed by atoms with Gasteiger partial charge in [-0.1, -0.05) is 36.4 Å². The van der Waals surface area contributed by atoms with Crippen LogP contribution in [-0.2, 0) is 4.79 Å². The summed E-state index contributed by atoms with van der Waals surface area (Å²) in [5.41, 5.74) is 3.08. The van der Waals surface area contributed by atoms with E-state index in [0.29, 0.717) is 11.7 Å². The Morgan fingerprint density at radius 3 is 2.54 bits per heavy atom. The number of thiocarbonyl (C=S) groups is 1. The van der Waals surface area contributed by atoms with Gasteiger partial charge in [0.2, 0.25) is 5.91 Å². The van der Waals surface area contributed by atoms with Gasteiger partial charge in [-0.15, -0.1) is 0 Å². The lowest BCUT2D eigenvalue weighted by atomic mass is 10.0. The molecule has 1 saturated heterocycles. The Kier molecular flexibility index (Phi) is 6.54. The molecule has 1 fully saturated rings. The van der Waals surface area contributed by atoms with Crippen molar-refractivity contribution < 1.29 is 9.18 Å². The summed E-state index contributed by atoms with van der Waals surface area (Å²) in [6.45, 7) is 0.361. The van der Waals surface area contributed by atoms with Crippen molar-refractivity contribution in [2.24, 2.45) is 0 Å². The molecule has 5 rings (SSSR count). The summed E-state index contributed by atoms with van der Waals surface area (Å²) in [4.78, 5) is 19.3. The van der Waals surface area contributed by atoms with Crippen LogP contribution in [0.1, 0.15) is 29.9 Å². The summed E-state index contributed by atoms with van der Waals surface area (Å²) in [6, 6.07) is 25.7. The predicted octanol–water partition coefficient (Wildman–Crippen LogP) is 5.01. The molecule has 2 N–H and O–H groups in total. The molecular weight excluding hydrogens is 461 g/mol. The van der Waals surface area contributed by atoms with Crippen LogP contribution in [-0.4, -0.2) is 32.0 Å². The monoisotopic (exact) mass is 485 g/mol. The van der Waals surface area contributed by atoms with Crippen LogP contribution in [0.5, 0.6) is 0 Å². The zero-order chi connectivity index (χ0) is 24.2. The molecule has 2 aromatic carbocycles. The smallest absolute Gasteiger partial charge is 0.226 e. The van der Waals surface area contributed by atoms with E-state index in [0.717, 1.165) is 17.1 Å². The van der Waals surface area contributed by atoms with E-state index in [-0.39, 0.29) is 30.1 Å². The molecule has 2 aromatic heterocycles. The number of halogens is 1. The van der Waals surface area contributed by atoms with Crippen molar-refractivity contribution in [2.75, 3.05) is 11.9 Å². The minimum atomic E-state index is -0.465. The van der Waals surface area contributed by atoms with Gasteiger partial charge in [-0.05, 0) is 60.7 Å². The summed E-state index contributed by atoms with van der Waals surface area (Å²) >= 11 is 5.72. The number of benzene rings is 2. The van der Waals surface area contributed by atoms with Crippen LogP contribution in [0.4, 0.5) is 10.1 Å². The molecule has 0 bridgehead atoms. The average Bonchev–Trinajstić information content (AvgIpc) is 3.49. The van der Waals surface area contributed by atoms with Crippen molar-refractivity contribution in [3.8, 4) is 5.69 Å². The first-order valence-electron chi connectivity index (χ1n) is 11.4. The normalized spacial score (nSPS) is 17.3. The Morgan fingerprint density at radius 2 is 1.77 bits per heavy atom. The van der Waals surface area contributed by atoms with E-state index >= 15 is 0 Å². The van der Waals surface area contributed by atoms with E-state index in [9.17, 15) is 9.18 Å². The van der Waals surface area contributed by atoms with Crippen LogP contribution in [0.2, 0.25) is 0 Å². The first-order chi connectivity index (χ1) is 17.1. The summed E-state index contributed by atoms with van der Waals surface area (Å²) in [5, 5.41) is 6.61. The number of rotatable bonds is 7. The number of nitrogens with one attached hydrogen (secondary N) is 2. The Bertz CT molecular complexity index is 1330. The summed E-state index contributed by atoms with van der Waals surface area (Å²) in [7, 11) is 0. The maximum atomic E-state index is 14.0. The fraction of sp³-hybridized carbons (Fsp3) is 0.148. The number of anilines is 1. The fourth-order valence-electron chi connectivity index (χ4n) is 4.42. The third-order valence-electron chi connectivity index (χ3n) is 6.04. The van der Waals surface area contributed by atoms with E-state index in [2.05, 4.69) is 26.3 Å². The molecule has 1 aliphatic heterocycles. The highest BCUT2D eigenvalue weighted by atomic mass is 32.1. The average molecular weight is 486 g/mol. The second kappa shape index (κ2) is 10.1. The predicted molar refractivity (Wildman–Crippen MR) is 138 cm³/mol. The fourth-order valence-corrected chi connectivity index (χ4v) is 4.76. The second-order valence-corrected chi connectivity index (χ2v) is 8.62. The topological polar surface area (TPSA) is 62.2 Å². The van der Waals surface area contributed by atoms with E-state index in [4.69, 9.17) is 12.2 Å². The lowest BCUT2D eigenvalue weighted by Gasteiger charge is -2.28. The maximum absolute atomic E-state index is 14.0. The summed E-state index contributed by atoms with van der Waals surface area (Å²) in [6.07, 6.45) is 3.93. The molecule has 0 spiro atoms. The van der Waals surface area contributed by atoms with Crippen LogP contribution in [0, 0.1) is 5.82 Å². The maximum Gasteiger partial charge on any atom is 0.226 e. The molecule has 35 heavy (non-hydrogen) atoms. The molecule has 6 nitrogen and oxygen atoms in total. The van der Waals surface area contributed by atoms with Crippen molar-refractivity contribution in [1.29, 1.82) is 0 Å². The van der Waals surface area contributed by atoms with Crippen molar-refractivity contribution in [3.63, 3.8) is 0 Å². The SMILES string of the molecule is O=C(CCN1C(=S)N[C@@H](c2ccccn2)[C@H]1c1cccn1-c1ccccc1)Nc1ccccc1F. The van der Waals surface area contributed by atoms with Gasteiger partial charge in [0.25, 0.3) is 0 Å². The zero-order valence-electron chi connectivity index (χ0n) is 18.8. The first kappa shape index (κ1) is 22.7. The number of carbonyl (C=O) groups is 1. The molecule has 0 saturated carbocycles. The lowest BCUT2D eigenvalue weighted by molar-refractivity contribution is -0.116. The largest absolute Gasteiger partial charge is 0.352 e. The first-order valence-corrected chi connectivity index (χ1v) is 11.8. The van der Waals surface area contributed by atoms with Crippen LogP contribution < -0.4 is 10.6 Å². The van der Waals surface area contributed by atoms with Gasteiger partial charge >= 0.3 is 0 Å². The van der Waals surface area contributed by atoms with Crippen LogP contribution in [0.3, 0.4) is 0 Å². The standard InChI is InChI=1S/C27H24FN5OS/c28-20-11-4-5-12-21(20)30-24(34)15-18-33-26(25(31-27(33)35)22-13-6-7-16-29-22)23-14-8-17-32(23)19-9-2-1-3-10-19/h1-14,16-17,25-26H,15,18H2,(H,30,34)(H,31,35)/t25-,26+/m0/s1. The number of hydrogen-bond acceptors (Lipinski definition) is 3. The third-order valence-corrected chi connectivity index (χ3v) is 6.40. The molecular formula is C27H24FN5OS. The van der Waals surface area contributed by atoms with Crippen molar-refractivity contribution in [1.82, 2.24) is 19.8 Å². The van der Waals surface area contributed by atoms with Gasteiger partial charge in [0, 0.05) is 36.7 Å². The van der Waals surface area contributed by atoms with Gasteiger partial charge in [0.15, 0.2) is 5.11 Å². The van der Waals surface area contributed by atoms with E-state index in [1.54, 1.807) is 24.4 Å². The minimum absolute atomic E-state index is 0.146. The van der Waals surface area contributed by atoms with Crippen molar-refractivity contribution >= 4 is 28.9 Å². The highest BCUT2D eigenvalue weighted by Gasteiger charge is 2.41. The molecule has 0 aliphatic carbocycles. The molecule has 2 atom stereocenters. The molecule has 0 unspecified atom stereocenters. The van der Waals surface area contributed by atoms with Gasteiger partial charge in [-0.2, -0.15) is 0 Å². The number of amides is 1. The van der Waals surface area contributed by atoms with E-state index in [1.807, 2.05) is 65.7 Å². The quantitative estimate of drug-likeness (QED) is 0.360. The second-order valence-electron chi connectivity index (χ2n) is 8.24. The molecule has 1 aliphatic rings. The molecule has 0 radical (unpaired) electrons. The van der Waals surface area contributed by atoms with E-state index in [1.165, 1.54) is 6.07 Å². The van der Waals surface area contributed by atoms with Crippen LogP contribution in [0.15, 0.2) is 97.3 Å². The van der Waals surface area contributed by atoms with Crippen LogP contribution >= 0.6 is 12.2 Å². The third kappa shape index (κ3) is 4.79. The molecule has 1 amide bonds. The Labute approximate surface area is 208 Å². The van der Waals surface area contributed by atoms with Crippen LogP contribution in [0.25, 0.3) is 5.69 Å². The minimum Gasteiger partial charge on any atom is -0.352 e. The van der Waals surface area contributed by atoms with Crippen molar-refractivity contribution in [2.45, 2.75) is 18.5 Å². The lowest BCUT2D eigenvalue weighted by Crippen LogP contribution is -2.33. The van der Waals surface area contributed by atoms with Gasteiger partial charge < -0.3 is 20.1 Å². The molecule has 4 aromatic rings. The van der Waals surface area contributed by atoms with E-state index < -0.39 is 5.82 Å². The number of hydrogen-bond donors (Lipinski definition) is 2. The molecule has 3 heterocycles. The number of aromatic nitrogens is 2. The van der Waals surface area contributed by atoms with Crippen molar-refractivity contribution in [3.05, 3.63) is 115 Å². The Balaban J connectivity index is 1.44. The zero-order valence-corrected chi connectivity index (χ0v) is 19.7. The number of carbonyl (C=O) groups excluding carboxylic acids is 1. The molecule has 8 heteroatoms. The highest BCUT2D eigenvalue weighted by Crippen LogP contribution is 2.39.